The first-order valence-corrected chi connectivity index (χ1v) is 5.01. The van der Waals surface area contributed by atoms with E-state index in [4.69, 9.17) is 5.73 Å². The number of aromatic nitrogens is 2. The van der Waals surface area contributed by atoms with Crippen molar-refractivity contribution in [3.05, 3.63) is 62.4 Å². The third-order valence-electron chi connectivity index (χ3n) is 2.45. The van der Waals surface area contributed by atoms with Crippen molar-refractivity contribution in [2.45, 2.75) is 6.54 Å². The Morgan fingerprint density at radius 2 is 1.94 bits per heavy atom. The number of hydrogen-bond acceptors (Lipinski definition) is 3. The predicted molar refractivity (Wildman–Crippen MR) is 61.2 cm³/mol. The van der Waals surface area contributed by atoms with Gasteiger partial charge in [-0.15, -0.1) is 0 Å². The Balaban J connectivity index is 2.50. The third kappa shape index (κ3) is 2.15. The standard InChI is InChI=1S/C11H9F2N3O2/c12-7-2-1-3-9(14)6(7)4-16-5-8(13)10(17)15-11(16)18/h1-3,5H,4,14H2,(H,15,17,18). The lowest BCUT2D eigenvalue weighted by Crippen LogP contribution is -2.31. The highest BCUT2D eigenvalue weighted by Gasteiger charge is 2.09. The van der Waals surface area contributed by atoms with Crippen molar-refractivity contribution in [1.82, 2.24) is 9.55 Å². The van der Waals surface area contributed by atoms with E-state index in [0.717, 1.165) is 4.57 Å². The number of nitrogen functional groups attached to an aromatic ring is 1. The lowest BCUT2D eigenvalue weighted by Gasteiger charge is -2.08. The molecule has 3 N–H and O–H groups in total. The average Bonchev–Trinajstić information content (AvgIpc) is 2.30. The zero-order valence-electron chi connectivity index (χ0n) is 9.11. The zero-order chi connectivity index (χ0) is 13.3. The number of nitrogens with one attached hydrogen (secondary N) is 1. The van der Waals surface area contributed by atoms with Crippen LogP contribution in [0.5, 0.6) is 0 Å². The van der Waals surface area contributed by atoms with Crippen LogP contribution in [0.1, 0.15) is 5.56 Å². The minimum absolute atomic E-state index is 0.0612. The van der Waals surface area contributed by atoms with E-state index in [2.05, 4.69) is 0 Å². The Morgan fingerprint density at radius 1 is 1.22 bits per heavy atom. The van der Waals surface area contributed by atoms with E-state index in [1.54, 1.807) is 4.98 Å². The van der Waals surface area contributed by atoms with Crippen molar-refractivity contribution in [1.29, 1.82) is 0 Å². The van der Waals surface area contributed by atoms with Gasteiger partial charge in [0.15, 0.2) is 0 Å². The molecule has 2 rings (SSSR count). The van der Waals surface area contributed by atoms with Gasteiger partial charge in [-0.05, 0) is 12.1 Å². The SMILES string of the molecule is Nc1cccc(F)c1Cn1cc(F)c(=O)[nH]c1=O. The summed E-state index contributed by atoms with van der Waals surface area (Å²) in [5.74, 6) is -1.72. The molecule has 18 heavy (non-hydrogen) atoms. The molecule has 0 bridgehead atoms. The molecule has 0 saturated heterocycles. The summed E-state index contributed by atoms with van der Waals surface area (Å²) in [5, 5.41) is 0. The molecule has 0 radical (unpaired) electrons. The molecule has 0 fully saturated rings. The maximum absolute atomic E-state index is 13.5. The Hall–Kier alpha value is -2.44. The normalized spacial score (nSPS) is 10.6. The second-order valence-electron chi connectivity index (χ2n) is 3.67. The highest BCUT2D eigenvalue weighted by molar-refractivity contribution is 5.47. The zero-order valence-corrected chi connectivity index (χ0v) is 9.11. The van der Waals surface area contributed by atoms with E-state index in [1.807, 2.05) is 0 Å². The Bertz CT molecular complexity index is 686. The van der Waals surface area contributed by atoms with Crippen LogP contribution in [0.2, 0.25) is 0 Å². The summed E-state index contributed by atoms with van der Waals surface area (Å²) in [7, 11) is 0. The first-order chi connectivity index (χ1) is 8.49. The summed E-state index contributed by atoms with van der Waals surface area (Å²) >= 11 is 0. The molecule has 1 aromatic heterocycles. The molecule has 2 aromatic rings. The molecule has 0 saturated carbocycles. The molecule has 0 amide bonds. The van der Waals surface area contributed by atoms with Crippen molar-refractivity contribution < 1.29 is 8.78 Å². The first kappa shape index (κ1) is 12.0. The van der Waals surface area contributed by atoms with Crippen LogP contribution in [0.25, 0.3) is 0 Å². The molecule has 0 unspecified atom stereocenters. The van der Waals surface area contributed by atoms with Gasteiger partial charge in [-0.2, -0.15) is 4.39 Å². The van der Waals surface area contributed by atoms with Crippen LogP contribution in [0, 0.1) is 11.6 Å². The van der Waals surface area contributed by atoms with Crippen LogP contribution in [-0.4, -0.2) is 9.55 Å². The van der Waals surface area contributed by atoms with Crippen LogP contribution in [0.15, 0.2) is 34.0 Å². The van der Waals surface area contributed by atoms with Gasteiger partial charge >= 0.3 is 5.69 Å². The number of nitrogens with zero attached hydrogens (tertiary/aromatic N) is 1. The van der Waals surface area contributed by atoms with Crippen LogP contribution < -0.4 is 17.0 Å². The molecule has 7 heteroatoms. The molecule has 0 spiro atoms. The number of nitrogens with two attached hydrogens (primary N) is 1. The Kier molecular flexibility index (Phi) is 2.97. The van der Waals surface area contributed by atoms with E-state index in [-0.39, 0.29) is 17.8 Å². The van der Waals surface area contributed by atoms with Gasteiger partial charge < -0.3 is 5.73 Å². The van der Waals surface area contributed by atoms with Gasteiger partial charge in [0.1, 0.15) is 5.82 Å². The summed E-state index contributed by atoms with van der Waals surface area (Å²) in [5.41, 5.74) is 3.83. The van der Waals surface area contributed by atoms with Gasteiger partial charge in [-0.25, -0.2) is 9.18 Å². The highest BCUT2D eigenvalue weighted by atomic mass is 19.1. The molecular weight excluding hydrogens is 244 g/mol. The monoisotopic (exact) mass is 253 g/mol. The maximum Gasteiger partial charge on any atom is 0.328 e. The van der Waals surface area contributed by atoms with Gasteiger partial charge in [0.25, 0.3) is 5.56 Å². The maximum atomic E-state index is 13.5. The first-order valence-electron chi connectivity index (χ1n) is 5.01. The van der Waals surface area contributed by atoms with Gasteiger partial charge in [0.05, 0.1) is 12.7 Å². The fraction of sp³-hybridized carbons (Fsp3) is 0.0909. The molecule has 94 valence electrons. The second-order valence-corrected chi connectivity index (χ2v) is 3.67. The number of hydrogen-bond donors (Lipinski definition) is 2. The molecule has 5 nitrogen and oxygen atoms in total. The predicted octanol–water partition coefficient (Wildman–Crippen LogP) is 0.445. The fourth-order valence-corrected chi connectivity index (χ4v) is 1.51. The van der Waals surface area contributed by atoms with Crippen molar-refractivity contribution in [2.75, 3.05) is 5.73 Å². The number of aromatic amines is 1. The van der Waals surface area contributed by atoms with E-state index in [1.165, 1.54) is 18.2 Å². The average molecular weight is 253 g/mol. The number of H-pyrrole nitrogens is 1. The van der Waals surface area contributed by atoms with Crippen molar-refractivity contribution in [2.24, 2.45) is 0 Å². The lowest BCUT2D eigenvalue weighted by atomic mass is 10.1. The molecule has 1 heterocycles. The van der Waals surface area contributed by atoms with Crippen LogP contribution in [0.3, 0.4) is 0 Å². The molecular formula is C11H9F2N3O2. The summed E-state index contributed by atoms with van der Waals surface area (Å²) in [6.07, 6.45) is 0.715. The van der Waals surface area contributed by atoms with Gasteiger partial charge in [-0.1, -0.05) is 6.07 Å². The van der Waals surface area contributed by atoms with Crippen LogP contribution in [0.4, 0.5) is 14.5 Å². The number of benzene rings is 1. The number of rotatable bonds is 2. The number of halogens is 2. The van der Waals surface area contributed by atoms with E-state index < -0.39 is 22.9 Å². The van der Waals surface area contributed by atoms with Gasteiger partial charge in [-0.3, -0.25) is 14.3 Å². The van der Waals surface area contributed by atoms with E-state index in [9.17, 15) is 18.4 Å². The van der Waals surface area contributed by atoms with E-state index >= 15 is 0 Å². The highest BCUT2D eigenvalue weighted by Crippen LogP contribution is 2.16. The summed E-state index contributed by atoms with van der Waals surface area (Å²) in [6.45, 7) is -0.259. The molecule has 0 atom stereocenters. The lowest BCUT2D eigenvalue weighted by molar-refractivity contribution is 0.554. The van der Waals surface area contributed by atoms with Crippen molar-refractivity contribution in [3.8, 4) is 0 Å². The second kappa shape index (κ2) is 4.44. The van der Waals surface area contributed by atoms with Crippen LogP contribution >= 0.6 is 0 Å². The molecule has 0 aliphatic heterocycles. The quantitative estimate of drug-likeness (QED) is 0.762. The van der Waals surface area contributed by atoms with Gasteiger partial charge in [0.2, 0.25) is 5.82 Å². The van der Waals surface area contributed by atoms with Crippen molar-refractivity contribution in [3.63, 3.8) is 0 Å². The Labute approximate surface area is 99.5 Å². The summed E-state index contributed by atoms with van der Waals surface area (Å²) in [4.78, 5) is 24.0. The Morgan fingerprint density at radius 3 is 2.61 bits per heavy atom. The smallest absolute Gasteiger partial charge is 0.328 e. The van der Waals surface area contributed by atoms with E-state index in [0.29, 0.717) is 6.20 Å². The fourth-order valence-electron chi connectivity index (χ4n) is 1.51. The summed E-state index contributed by atoms with van der Waals surface area (Å²) in [6, 6.07) is 4.06. The van der Waals surface area contributed by atoms with Crippen molar-refractivity contribution >= 4 is 5.69 Å². The molecule has 0 aliphatic rings. The minimum atomic E-state index is -1.12. The molecule has 0 aliphatic carbocycles. The minimum Gasteiger partial charge on any atom is -0.398 e. The van der Waals surface area contributed by atoms with Gasteiger partial charge in [0, 0.05) is 11.3 Å². The number of anilines is 1. The largest absolute Gasteiger partial charge is 0.398 e. The van der Waals surface area contributed by atoms with Crippen LogP contribution in [-0.2, 0) is 6.54 Å². The third-order valence-corrected chi connectivity index (χ3v) is 2.45. The molecule has 1 aromatic carbocycles. The topological polar surface area (TPSA) is 80.9 Å². The summed E-state index contributed by atoms with van der Waals surface area (Å²) < 4.78 is 27.4.